The summed E-state index contributed by atoms with van der Waals surface area (Å²) < 4.78 is 0. The lowest BCUT2D eigenvalue weighted by Gasteiger charge is -2.44. The highest BCUT2D eigenvalue weighted by molar-refractivity contribution is 5.94. The lowest BCUT2D eigenvalue weighted by molar-refractivity contribution is -0.0713. The Kier molecular flexibility index (Phi) is 4.78. The topological polar surface area (TPSA) is 93.6 Å². The largest absolute Gasteiger partial charge is 0.396 e. The van der Waals surface area contributed by atoms with Crippen molar-refractivity contribution in [2.75, 3.05) is 19.7 Å². The monoisotopic (exact) mass is 334 g/mol. The van der Waals surface area contributed by atoms with Crippen LogP contribution in [0.4, 0.5) is 0 Å². The van der Waals surface area contributed by atoms with Crippen LogP contribution >= 0.6 is 0 Å². The van der Waals surface area contributed by atoms with Gasteiger partial charge in [0.05, 0.1) is 12.7 Å². The first-order valence-electron chi connectivity index (χ1n) is 8.84. The van der Waals surface area contributed by atoms with Gasteiger partial charge in [-0.2, -0.15) is 0 Å². The fourth-order valence-corrected chi connectivity index (χ4v) is 4.10. The number of likely N-dealkylation sites (tertiary alicyclic amines) is 1. The molecule has 1 aliphatic carbocycles. The molecule has 1 aromatic rings. The zero-order valence-corrected chi connectivity index (χ0v) is 14.2. The van der Waals surface area contributed by atoms with Gasteiger partial charge in [0.1, 0.15) is 5.56 Å². The van der Waals surface area contributed by atoms with Crippen LogP contribution in [0.3, 0.4) is 0 Å². The third-order valence-corrected chi connectivity index (χ3v) is 5.65. The van der Waals surface area contributed by atoms with Crippen molar-refractivity contribution in [2.24, 2.45) is 5.41 Å². The van der Waals surface area contributed by atoms with Crippen molar-refractivity contribution in [2.45, 2.75) is 51.6 Å². The van der Waals surface area contributed by atoms with Gasteiger partial charge in [-0.05, 0) is 43.7 Å². The number of fused-ring (bicyclic) bond motifs is 1. The molecule has 1 aromatic heterocycles. The number of β-amino-alcohol motifs (C(OH)–C–C–N with tert-alkyl or cyclic N) is 1. The first kappa shape index (κ1) is 17.2. The van der Waals surface area contributed by atoms with Gasteiger partial charge in [-0.15, -0.1) is 0 Å². The minimum Gasteiger partial charge on any atom is -0.396 e. The number of carbonyl (C=O) groups is 1. The molecule has 0 aromatic carbocycles. The standard InChI is InChI=1S/C18H26N2O4/c1-2-6-18(11-21)7-8-20(10-15(18)22)17(24)13-9-12-4-3-5-14(12)19-16(13)23/h9,15,21-22H,2-8,10-11H2,1H3,(H,19,23)/t15-,18+/m0/s1. The number of hydrogen-bond donors (Lipinski definition) is 3. The second-order valence-corrected chi connectivity index (χ2v) is 7.16. The van der Waals surface area contributed by atoms with Gasteiger partial charge < -0.3 is 20.1 Å². The van der Waals surface area contributed by atoms with Crippen molar-refractivity contribution in [1.82, 2.24) is 9.88 Å². The molecule has 0 radical (unpaired) electrons. The van der Waals surface area contributed by atoms with Crippen LogP contribution in [-0.2, 0) is 12.8 Å². The van der Waals surface area contributed by atoms with Gasteiger partial charge in [-0.3, -0.25) is 9.59 Å². The van der Waals surface area contributed by atoms with E-state index in [2.05, 4.69) is 4.98 Å². The van der Waals surface area contributed by atoms with E-state index >= 15 is 0 Å². The molecular weight excluding hydrogens is 308 g/mol. The highest BCUT2D eigenvalue weighted by atomic mass is 16.3. The molecule has 2 heterocycles. The lowest BCUT2D eigenvalue weighted by Crippen LogP contribution is -2.54. The lowest BCUT2D eigenvalue weighted by atomic mass is 9.73. The highest BCUT2D eigenvalue weighted by Gasteiger charge is 2.42. The molecule has 3 rings (SSSR count). The van der Waals surface area contributed by atoms with E-state index in [1.807, 2.05) is 6.92 Å². The second-order valence-electron chi connectivity index (χ2n) is 7.16. The van der Waals surface area contributed by atoms with E-state index < -0.39 is 11.5 Å². The van der Waals surface area contributed by atoms with Crippen LogP contribution in [0.5, 0.6) is 0 Å². The number of aliphatic hydroxyl groups is 2. The third kappa shape index (κ3) is 2.89. The average molecular weight is 334 g/mol. The molecule has 0 spiro atoms. The normalized spacial score (nSPS) is 26.5. The highest BCUT2D eigenvalue weighted by Crippen LogP contribution is 2.36. The number of aryl methyl sites for hydroxylation is 2. The number of rotatable bonds is 4. The zero-order valence-electron chi connectivity index (χ0n) is 14.2. The Bertz CT molecular complexity index is 684. The number of pyridine rings is 1. The van der Waals surface area contributed by atoms with Crippen molar-refractivity contribution in [1.29, 1.82) is 0 Å². The number of carbonyl (C=O) groups excluding carboxylic acids is 1. The molecule has 132 valence electrons. The first-order chi connectivity index (χ1) is 11.5. The number of aromatic amines is 1. The van der Waals surface area contributed by atoms with Crippen molar-refractivity contribution in [3.05, 3.63) is 33.2 Å². The summed E-state index contributed by atoms with van der Waals surface area (Å²) in [6, 6.07) is 1.72. The molecular formula is C18H26N2O4. The summed E-state index contributed by atoms with van der Waals surface area (Å²) in [6.45, 7) is 2.55. The second kappa shape index (κ2) is 6.69. The molecule has 24 heavy (non-hydrogen) atoms. The van der Waals surface area contributed by atoms with Gasteiger partial charge in [0, 0.05) is 24.2 Å². The number of amides is 1. The van der Waals surface area contributed by atoms with E-state index in [-0.39, 0.29) is 30.2 Å². The van der Waals surface area contributed by atoms with E-state index in [4.69, 9.17) is 0 Å². The molecule has 6 heteroatoms. The molecule has 2 aliphatic rings. The minimum absolute atomic E-state index is 0.0799. The third-order valence-electron chi connectivity index (χ3n) is 5.65. The van der Waals surface area contributed by atoms with Crippen molar-refractivity contribution in [3.8, 4) is 0 Å². The van der Waals surface area contributed by atoms with Crippen molar-refractivity contribution < 1.29 is 15.0 Å². The maximum absolute atomic E-state index is 12.8. The van der Waals surface area contributed by atoms with E-state index in [0.29, 0.717) is 13.0 Å². The number of nitrogens with zero attached hydrogens (tertiary/aromatic N) is 1. The molecule has 0 saturated carbocycles. The van der Waals surface area contributed by atoms with Crippen molar-refractivity contribution >= 4 is 5.91 Å². The predicted octanol–water partition coefficient (Wildman–Crippen LogP) is 0.849. The maximum atomic E-state index is 12.8. The summed E-state index contributed by atoms with van der Waals surface area (Å²) in [5.41, 5.74) is 1.27. The Morgan fingerprint density at radius 1 is 1.46 bits per heavy atom. The average Bonchev–Trinajstić information content (AvgIpc) is 3.02. The molecule has 0 bridgehead atoms. The summed E-state index contributed by atoms with van der Waals surface area (Å²) in [5, 5.41) is 20.2. The number of nitrogens with one attached hydrogen (secondary N) is 1. The van der Waals surface area contributed by atoms with Gasteiger partial charge in [0.25, 0.3) is 11.5 Å². The minimum atomic E-state index is -0.770. The molecule has 0 unspecified atom stereocenters. The molecule has 1 saturated heterocycles. The van der Waals surface area contributed by atoms with E-state index in [9.17, 15) is 19.8 Å². The van der Waals surface area contributed by atoms with Crippen LogP contribution in [0.2, 0.25) is 0 Å². The van der Waals surface area contributed by atoms with E-state index in [0.717, 1.165) is 43.4 Å². The van der Waals surface area contributed by atoms with Gasteiger partial charge >= 0.3 is 0 Å². The number of aromatic nitrogens is 1. The molecule has 3 N–H and O–H groups in total. The maximum Gasteiger partial charge on any atom is 0.261 e. The Hall–Kier alpha value is -1.66. The summed E-state index contributed by atoms with van der Waals surface area (Å²) in [6.07, 6.45) is 4.13. The molecule has 2 atom stereocenters. The summed E-state index contributed by atoms with van der Waals surface area (Å²) in [5.74, 6) is -0.326. The fraction of sp³-hybridized carbons (Fsp3) is 0.667. The summed E-state index contributed by atoms with van der Waals surface area (Å²) >= 11 is 0. The van der Waals surface area contributed by atoms with Gasteiger partial charge in [-0.1, -0.05) is 13.3 Å². The van der Waals surface area contributed by atoms with Gasteiger partial charge in [0.2, 0.25) is 0 Å². The SMILES string of the molecule is CCC[C@]1(CO)CCN(C(=O)c2cc3c([nH]c2=O)CCC3)C[C@@H]1O. The smallest absolute Gasteiger partial charge is 0.261 e. The molecule has 1 fully saturated rings. The van der Waals surface area contributed by atoms with E-state index in [1.165, 1.54) is 0 Å². The summed E-state index contributed by atoms with van der Waals surface area (Å²) in [4.78, 5) is 29.4. The van der Waals surface area contributed by atoms with Crippen LogP contribution in [0.25, 0.3) is 0 Å². The Morgan fingerprint density at radius 3 is 2.92 bits per heavy atom. The van der Waals surface area contributed by atoms with Crippen LogP contribution < -0.4 is 5.56 Å². The van der Waals surface area contributed by atoms with Gasteiger partial charge in [0.15, 0.2) is 0 Å². The molecule has 1 amide bonds. The predicted molar refractivity (Wildman–Crippen MR) is 90.0 cm³/mol. The quantitative estimate of drug-likeness (QED) is 0.761. The summed E-state index contributed by atoms with van der Waals surface area (Å²) in [7, 11) is 0. The first-order valence-corrected chi connectivity index (χ1v) is 8.84. The molecule has 1 aliphatic heterocycles. The Labute approximate surface area is 141 Å². The van der Waals surface area contributed by atoms with Crippen LogP contribution in [0.1, 0.15) is 54.2 Å². The Morgan fingerprint density at radius 2 is 2.25 bits per heavy atom. The van der Waals surface area contributed by atoms with Crippen LogP contribution in [0.15, 0.2) is 10.9 Å². The number of H-pyrrole nitrogens is 1. The van der Waals surface area contributed by atoms with Crippen molar-refractivity contribution in [3.63, 3.8) is 0 Å². The number of aliphatic hydroxyl groups excluding tert-OH is 2. The zero-order chi connectivity index (χ0) is 17.3. The fourth-order valence-electron chi connectivity index (χ4n) is 4.10. The number of hydrogen-bond acceptors (Lipinski definition) is 4. The Balaban J connectivity index is 1.79. The van der Waals surface area contributed by atoms with Crippen LogP contribution in [0, 0.1) is 5.41 Å². The van der Waals surface area contributed by atoms with Gasteiger partial charge in [-0.25, -0.2) is 0 Å². The van der Waals surface area contributed by atoms with E-state index in [1.54, 1.807) is 11.0 Å². The number of piperidine rings is 1. The van der Waals surface area contributed by atoms with Crippen LogP contribution in [-0.4, -0.2) is 51.8 Å². The molecule has 6 nitrogen and oxygen atoms in total.